The zero-order valence-corrected chi connectivity index (χ0v) is 27.2. The van der Waals surface area contributed by atoms with Crippen LogP contribution in [0.25, 0.3) is 21.1 Å². The van der Waals surface area contributed by atoms with E-state index in [1.54, 1.807) is 34.2 Å². The van der Waals surface area contributed by atoms with Crippen LogP contribution in [0.3, 0.4) is 0 Å². The van der Waals surface area contributed by atoms with Crippen LogP contribution in [0, 0.1) is 0 Å². The number of hydrazine groups is 1. The van der Waals surface area contributed by atoms with Gasteiger partial charge in [-0.15, -0.1) is 6.58 Å². The molecular formula is C34H35N9O4S. The number of nitrogens with zero attached hydrogens (tertiary/aromatic N) is 6. The number of H-pyrrole nitrogens is 1. The number of rotatable bonds is 10. The molecule has 2 saturated heterocycles. The monoisotopic (exact) mass is 665 g/mol. The number of amides is 4. The lowest BCUT2D eigenvalue weighted by atomic mass is 9.99. The number of carbonyl (C=O) groups is 3. The van der Waals surface area contributed by atoms with Crippen LogP contribution >= 0.6 is 11.3 Å². The molecule has 246 valence electrons. The summed E-state index contributed by atoms with van der Waals surface area (Å²) in [6.45, 7) is 4.71. The summed E-state index contributed by atoms with van der Waals surface area (Å²) in [6, 6.07) is 17.9. The zero-order valence-electron chi connectivity index (χ0n) is 26.3. The number of aromatic amines is 1. The first-order valence-electron chi connectivity index (χ1n) is 15.5. The molecule has 4 amide bonds. The molecule has 0 spiro atoms. The molecule has 48 heavy (non-hydrogen) atoms. The van der Waals surface area contributed by atoms with E-state index in [9.17, 15) is 14.4 Å². The van der Waals surface area contributed by atoms with E-state index >= 15 is 0 Å². The Hall–Kier alpha value is -5.47. The van der Waals surface area contributed by atoms with Gasteiger partial charge < -0.3 is 25.6 Å². The van der Waals surface area contributed by atoms with Gasteiger partial charge in [-0.25, -0.2) is 9.78 Å². The van der Waals surface area contributed by atoms with Crippen LogP contribution in [0.5, 0.6) is 5.75 Å². The van der Waals surface area contributed by atoms with Crippen LogP contribution in [0.15, 0.2) is 79.5 Å². The fourth-order valence-electron chi connectivity index (χ4n) is 6.53. The number of methoxy groups -OCH3 is 1. The minimum Gasteiger partial charge on any atom is -0.497 e. The van der Waals surface area contributed by atoms with E-state index in [-0.39, 0.29) is 50.6 Å². The van der Waals surface area contributed by atoms with Crippen LogP contribution in [0.4, 0.5) is 9.93 Å². The number of urea groups is 1. The van der Waals surface area contributed by atoms with Gasteiger partial charge in [-0.1, -0.05) is 47.7 Å². The van der Waals surface area contributed by atoms with Gasteiger partial charge in [0.15, 0.2) is 5.13 Å². The normalized spacial score (nSPS) is 18.0. The summed E-state index contributed by atoms with van der Waals surface area (Å²) in [5.74, 6) is 0.320. The highest BCUT2D eigenvalue weighted by atomic mass is 32.1. The number of hydrogen-bond donors (Lipinski definition) is 3. The first-order chi connectivity index (χ1) is 23.3. The second-order valence-electron chi connectivity index (χ2n) is 11.8. The largest absolute Gasteiger partial charge is 0.497 e. The third-order valence-electron chi connectivity index (χ3n) is 8.83. The van der Waals surface area contributed by atoms with Crippen molar-refractivity contribution >= 4 is 55.4 Å². The second kappa shape index (κ2) is 13.0. The van der Waals surface area contributed by atoms with E-state index < -0.39 is 12.2 Å². The highest BCUT2D eigenvalue weighted by molar-refractivity contribution is 7.22. The van der Waals surface area contributed by atoms with Crippen LogP contribution in [0.1, 0.15) is 16.7 Å². The predicted molar refractivity (Wildman–Crippen MR) is 183 cm³/mol. The molecule has 0 radical (unpaired) electrons. The van der Waals surface area contributed by atoms with E-state index in [1.165, 1.54) is 16.3 Å². The van der Waals surface area contributed by atoms with Crippen molar-refractivity contribution in [3.05, 3.63) is 96.2 Å². The molecule has 5 aromatic rings. The van der Waals surface area contributed by atoms with Crippen LogP contribution < -0.4 is 15.8 Å². The maximum Gasteiger partial charge on any atom is 0.332 e. The van der Waals surface area contributed by atoms with Gasteiger partial charge in [-0.3, -0.25) is 19.7 Å². The van der Waals surface area contributed by atoms with Crippen molar-refractivity contribution in [2.45, 2.75) is 31.7 Å². The van der Waals surface area contributed by atoms with Gasteiger partial charge in [-0.2, -0.15) is 10.1 Å². The Morgan fingerprint density at radius 2 is 2.00 bits per heavy atom. The Morgan fingerprint density at radius 3 is 2.79 bits per heavy atom. The second-order valence-corrected chi connectivity index (χ2v) is 12.9. The quantitative estimate of drug-likeness (QED) is 0.192. The third kappa shape index (κ3) is 5.91. The molecule has 14 heteroatoms. The van der Waals surface area contributed by atoms with Crippen molar-refractivity contribution < 1.29 is 19.1 Å². The van der Waals surface area contributed by atoms with Gasteiger partial charge in [0.25, 0.3) is 0 Å². The number of carbonyl (C=O) groups excluding carboxylic acids is 3. The lowest BCUT2D eigenvalue weighted by Gasteiger charge is -2.46. The number of piperazine rings is 1. The SMILES string of the molecule is C=CCN(C(=O)NCc1ccc(OC)cc1)N1CC(=O)N2[C@@H](Cc3ccc4[nH]ncc4c3)C(=O)N(Cc3cccc4sc(N)nc34)C[C@@H]21. The number of para-hydroxylation sites is 1. The fraction of sp³-hybridized carbons (Fsp3) is 0.265. The molecule has 2 fully saturated rings. The molecule has 4 N–H and O–H groups in total. The molecular weight excluding hydrogens is 631 g/mol. The molecule has 3 aromatic carbocycles. The molecule has 7 rings (SSSR count). The summed E-state index contributed by atoms with van der Waals surface area (Å²) in [4.78, 5) is 49.8. The number of hydrogen-bond acceptors (Lipinski definition) is 9. The fourth-order valence-corrected chi connectivity index (χ4v) is 7.31. The van der Waals surface area contributed by atoms with E-state index in [0.717, 1.165) is 43.6 Å². The molecule has 2 atom stereocenters. The maximum absolute atomic E-state index is 14.4. The Balaban J connectivity index is 1.19. The standard InChI is InChI=1S/C34H35N9O4S/c1-3-13-41(34(46)36-16-21-7-10-25(47-2)11-8-21)42-20-30(44)43-27(15-22-9-12-26-24(14-22)17-37-39-26)32(45)40(19-29(42)43)18-23-5-4-6-28-31(23)38-33(35)48-28/h3-12,14,17,27,29H,1,13,15-16,18-20H2,2H3,(H2,35,38)(H,36,46)(H,37,39)/t27-,29+/m0/s1. The van der Waals surface area contributed by atoms with Crippen molar-refractivity contribution in [2.24, 2.45) is 0 Å². The third-order valence-corrected chi connectivity index (χ3v) is 9.68. The van der Waals surface area contributed by atoms with E-state index in [4.69, 9.17) is 10.5 Å². The number of fused-ring (bicyclic) bond motifs is 3. The molecule has 0 aliphatic carbocycles. The predicted octanol–water partition coefficient (Wildman–Crippen LogP) is 3.50. The van der Waals surface area contributed by atoms with Crippen molar-refractivity contribution in [3.8, 4) is 5.75 Å². The smallest absolute Gasteiger partial charge is 0.332 e. The number of nitrogen functional groups attached to an aromatic ring is 1. The molecule has 2 aliphatic heterocycles. The summed E-state index contributed by atoms with van der Waals surface area (Å²) < 4.78 is 6.17. The Bertz CT molecular complexity index is 2010. The zero-order chi connectivity index (χ0) is 33.4. The first kappa shape index (κ1) is 31.1. The van der Waals surface area contributed by atoms with Crippen LogP contribution in [-0.4, -0.2) is 91.8 Å². The molecule has 13 nitrogen and oxygen atoms in total. The highest BCUT2D eigenvalue weighted by Crippen LogP contribution is 2.33. The maximum atomic E-state index is 14.4. The Labute approximate surface area is 280 Å². The van der Waals surface area contributed by atoms with Crippen molar-refractivity contribution in [1.82, 2.24) is 40.3 Å². The lowest BCUT2D eigenvalue weighted by molar-refractivity contribution is -0.157. The molecule has 0 unspecified atom stereocenters. The first-order valence-corrected chi connectivity index (χ1v) is 16.4. The van der Waals surface area contributed by atoms with Crippen LogP contribution in [-0.2, 0) is 29.1 Å². The number of thiazole rings is 1. The van der Waals surface area contributed by atoms with Gasteiger partial charge in [-0.05, 0) is 47.0 Å². The molecule has 0 bridgehead atoms. The van der Waals surface area contributed by atoms with Crippen molar-refractivity contribution in [2.75, 3.05) is 32.5 Å². The number of nitrogens with one attached hydrogen (secondary N) is 2. The molecule has 4 heterocycles. The summed E-state index contributed by atoms with van der Waals surface area (Å²) in [5, 5.41) is 14.7. The van der Waals surface area contributed by atoms with Crippen molar-refractivity contribution in [1.29, 1.82) is 0 Å². The Kier molecular flexibility index (Phi) is 8.41. The van der Waals surface area contributed by atoms with Gasteiger partial charge in [0.05, 0.1) is 48.7 Å². The minimum atomic E-state index is -0.793. The van der Waals surface area contributed by atoms with Gasteiger partial charge >= 0.3 is 6.03 Å². The number of aromatic nitrogens is 3. The van der Waals surface area contributed by atoms with E-state index in [2.05, 4.69) is 27.1 Å². The van der Waals surface area contributed by atoms with E-state index in [0.29, 0.717) is 11.6 Å². The average molecular weight is 666 g/mol. The molecule has 2 aliphatic rings. The topological polar surface area (TPSA) is 153 Å². The number of benzene rings is 3. The summed E-state index contributed by atoms with van der Waals surface area (Å²) >= 11 is 1.39. The van der Waals surface area contributed by atoms with Crippen molar-refractivity contribution in [3.63, 3.8) is 0 Å². The Morgan fingerprint density at radius 1 is 1.19 bits per heavy atom. The summed E-state index contributed by atoms with van der Waals surface area (Å²) in [6.07, 6.45) is 3.06. The lowest BCUT2D eigenvalue weighted by Crippen LogP contribution is -2.66. The molecule has 0 saturated carbocycles. The number of anilines is 1. The average Bonchev–Trinajstić information content (AvgIpc) is 3.81. The molecule has 2 aromatic heterocycles. The van der Waals surface area contributed by atoms with E-state index in [1.807, 2.05) is 60.7 Å². The number of ether oxygens (including phenoxy) is 1. The minimum absolute atomic E-state index is 0.0644. The summed E-state index contributed by atoms with van der Waals surface area (Å²) in [7, 11) is 1.60. The van der Waals surface area contributed by atoms with Crippen LogP contribution in [0.2, 0.25) is 0 Å². The number of nitrogens with two attached hydrogens (primary N) is 1. The highest BCUT2D eigenvalue weighted by Gasteiger charge is 2.52. The van der Waals surface area contributed by atoms with Gasteiger partial charge in [0.1, 0.15) is 18.0 Å². The van der Waals surface area contributed by atoms with Gasteiger partial charge in [0.2, 0.25) is 11.8 Å². The van der Waals surface area contributed by atoms with Gasteiger partial charge in [0, 0.05) is 24.9 Å². The summed E-state index contributed by atoms with van der Waals surface area (Å²) in [5.41, 5.74) is 10.3.